The second kappa shape index (κ2) is 10.8. The Morgan fingerprint density at radius 2 is 1.95 bits per heavy atom. The number of likely N-dealkylation sites (tertiary alicyclic amines) is 1. The van der Waals surface area contributed by atoms with E-state index in [1.807, 2.05) is 70.6 Å². The van der Waals surface area contributed by atoms with E-state index in [9.17, 15) is 14.7 Å². The Morgan fingerprint density at radius 1 is 1.23 bits per heavy atom. The highest BCUT2D eigenvalue weighted by atomic mass is 32.1. The first kappa shape index (κ1) is 27.5. The van der Waals surface area contributed by atoms with E-state index in [2.05, 4.69) is 20.6 Å². The Hall–Kier alpha value is -3.11. The molecular formula is C29H38N6O3S. The SMILES string of the molecule is CCC(C)(C)C(C(=O)N1C[C@H](O)C[C@H]1C(=O)NC(C)c1ccc(-c2scnc2C)cc1)n1cc(C2CC2)nn1. The highest BCUT2D eigenvalue weighted by Crippen LogP contribution is 2.41. The van der Waals surface area contributed by atoms with E-state index in [0.29, 0.717) is 5.92 Å². The second-order valence-corrected chi connectivity index (χ2v) is 12.5. The number of aryl methyl sites for hydroxylation is 1. The van der Waals surface area contributed by atoms with Gasteiger partial charge in [-0.05, 0) is 49.7 Å². The molecule has 9 nitrogen and oxygen atoms in total. The van der Waals surface area contributed by atoms with Crippen LogP contribution < -0.4 is 5.32 Å². The van der Waals surface area contributed by atoms with Crippen LogP contribution >= 0.6 is 11.3 Å². The maximum absolute atomic E-state index is 14.1. The fourth-order valence-corrected chi connectivity index (χ4v) is 6.15. The molecule has 3 aromatic rings. The van der Waals surface area contributed by atoms with Gasteiger partial charge in [0.15, 0.2) is 0 Å². The average molecular weight is 551 g/mol. The number of β-amino-alcohol motifs (C(OH)–C–C–N with tert-alkyl or cyclic N) is 1. The van der Waals surface area contributed by atoms with E-state index in [1.54, 1.807) is 20.9 Å². The average Bonchev–Trinajstić information content (AvgIpc) is 3.28. The van der Waals surface area contributed by atoms with E-state index in [0.717, 1.165) is 46.7 Å². The van der Waals surface area contributed by atoms with E-state index in [4.69, 9.17) is 0 Å². The first-order valence-electron chi connectivity index (χ1n) is 13.8. The number of rotatable bonds is 9. The van der Waals surface area contributed by atoms with Gasteiger partial charge in [0.25, 0.3) is 0 Å². The number of carbonyl (C=O) groups is 2. The van der Waals surface area contributed by atoms with Gasteiger partial charge in [-0.15, -0.1) is 16.4 Å². The van der Waals surface area contributed by atoms with E-state index < -0.39 is 23.6 Å². The number of hydrogen-bond acceptors (Lipinski definition) is 7. The molecule has 5 rings (SSSR count). The van der Waals surface area contributed by atoms with Gasteiger partial charge in [-0.1, -0.05) is 50.3 Å². The molecule has 1 aliphatic heterocycles. The number of aliphatic hydroxyl groups is 1. The van der Waals surface area contributed by atoms with Crippen LogP contribution in [-0.2, 0) is 9.59 Å². The van der Waals surface area contributed by atoms with Crippen LogP contribution in [0.1, 0.15) is 88.3 Å². The molecular weight excluding hydrogens is 512 g/mol. The summed E-state index contributed by atoms with van der Waals surface area (Å²) in [6, 6.07) is 6.46. The smallest absolute Gasteiger partial charge is 0.248 e. The quantitative estimate of drug-likeness (QED) is 0.408. The van der Waals surface area contributed by atoms with Crippen LogP contribution in [0.2, 0.25) is 0 Å². The Morgan fingerprint density at radius 3 is 2.56 bits per heavy atom. The molecule has 2 unspecified atom stereocenters. The zero-order valence-corrected chi connectivity index (χ0v) is 24.1. The van der Waals surface area contributed by atoms with Crippen molar-refractivity contribution in [3.63, 3.8) is 0 Å². The van der Waals surface area contributed by atoms with Gasteiger partial charge in [-0.2, -0.15) is 0 Å². The van der Waals surface area contributed by atoms with Crippen molar-refractivity contribution in [2.75, 3.05) is 6.54 Å². The van der Waals surface area contributed by atoms with Gasteiger partial charge in [-0.25, -0.2) is 9.67 Å². The number of nitrogens with zero attached hydrogens (tertiary/aromatic N) is 5. The summed E-state index contributed by atoms with van der Waals surface area (Å²) in [5.74, 6) is -0.0456. The Balaban J connectivity index is 1.32. The number of nitrogens with one attached hydrogen (secondary N) is 1. The summed E-state index contributed by atoms with van der Waals surface area (Å²) in [5, 5.41) is 22.3. The van der Waals surface area contributed by atoms with Gasteiger partial charge in [0.05, 0.1) is 33.9 Å². The fourth-order valence-electron chi connectivity index (χ4n) is 5.34. The molecule has 0 spiro atoms. The van der Waals surface area contributed by atoms with Crippen LogP contribution in [0.15, 0.2) is 36.0 Å². The van der Waals surface area contributed by atoms with Crippen LogP contribution in [0.3, 0.4) is 0 Å². The lowest BCUT2D eigenvalue weighted by molar-refractivity contribution is -0.144. The van der Waals surface area contributed by atoms with Crippen LogP contribution in [0, 0.1) is 12.3 Å². The third-order valence-corrected chi connectivity index (χ3v) is 9.29. The van der Waals surface area contributed by atoms with Crippen LogP contribution in [0.5, 0.6) is 0 Å². The topological polar surface area (TPSA) is 113 Å². The molecule has 2 fully saturated rings. The maximum Gasteiger partial charge on any atom is 0.248 e. The van der Waals surface area contributed by atoms with Crippen molar-refractivity contribution in [3.8, 4) is 10.4 Å². The van der Waals surface area contributed by atoms with E-state index in [1.165, 1.54) is 0 Å². The molecule has 3 heterocycles. The van der Waals surface area contributed by atoms with Crippen LogP contribution in [0.4, 0.5) is 0 Å². The van der Waals surface area contributed by atoms with Gasteiger partial charge in [0.1, 0.15) is 12.1 Å². The van der Waals surface area contributed by atoms with Crippen molar-refractivity contribution < 1.29 is 14.7 Å². The first-order valence-corrected chi connectivity index (χ1v) is 14.7. The van der Waals surface area contributed by atoms with Crippen molar-refractivity contribution in [2.45, 2.75) is 90.4 Å². The lowest BCUT2D eigenvalue weighted by Gasteiger charge is -2.36. The number of aromatic nitrogens is 4. The number of aliphatic hydroxyl groups excluding tert-OH is 1. The van der Waals surface area contributed by atoms with Gasteiger partial charge in [0.2, 0.25) is 11.8 Å². The van der Waals surface area contributed by atoms with Crippen molar-refractivity contribution >= 4 is 23.2 Å². The van der Waals surface area contributed by atoms with Crippen molar-refractivity contribution in [2.24, 2.45) is 5.41 Å². The molecule has 208 valence electrons. The number of hydrogen-bond donors (Lipinski definition) is 2. The predicted octanol–water partition coefficient (Wildman–Crippen LogP) is 4.40. The molecule has 2 aromatic heterocycles. The summed E-state index contributed by atoms with van der Waals surface area (Å²) in [4.78, 5) is 34.6. The molecule has 0 bridgehead atoms. The summed E-state index contributed by atoms with van der Waals surface area (Å²) in [5.41, 5.74) is 5.39. The lowest BCUT2D eigenvalue weighted by atomic mass is 9.81. The molecule has 1 saturated carbocycles. The highest BCUT2D eigenvalue weighted by Gasteiger charge is 2.46. The molecule has 4 atom stereocenters. The van der Waals surface area contributed by atoms with Crippen molar-refractivity contribution in [1.29, 1.82) is 0 Å². The number of thiazole rings is 1. The summed E-state index contributed by atoms with van der Waals surface area (Å²) >= 11 is 1.60. The zero-order chi connectivity index (χ0) is 27.9. The minimum Gasteiger partial charge on any atom is -0.391 e. The van der Waals surface area contributed by atoms with Gasteiger partial charge < -0.3 is 15.3 Å². The van der Waals surface area contributed by atoms with Crippen LogP contribution in [-0.4, -0.2) is 60.5 Å². The molecule has 2 N–H and O–H groups in total. The summed E-state index contributed by atoms with van der Waals surface area (Å²) < 4.78 is 1.67. The number of benzene rings is 1. The maximum atomic E-state index is 14.1. The highest BCUT2D eigenvalue weighted by molar-refractivity contribution is 7.13. The van der Waals surface area contributed by atoms with Gasteiger partial charge in [0, 0.05) is 25.1 Å². The van der Waals surface area contributed by atoms with Gasteiger partial charge in [-0.3, -0.25) is 9.59 Å². The fraction of sp³-hybridized carbons (Fsp3) is 0.552. The Labute approximate surface area is 233 Å². The monoisotopic (exact) mass is 550 g/mol. The molecule has 1 saturated heterocycles. The minimum absolute atomic E-state index is 0.120. The normalized spacial score (nSPS) is 21.1. The predicted molar refractivity (Wildman–Crippen MR) is 150 cm³/mol. The second-order valence-electron chi connectivity index (χ2n) is 11.7. The van der Waals surface area contributed by atoms with Gasteiger partial charge >= 0.3 is 0 Å². The van der Waals surface area contributed by atoms with Crippen molar-refractivity contribution in [3.05, 3.63) is 52.9 Å². The largest absolute Gasteiger partial charge is 0.391 e. The third-order valence-electron chi connectivity index (χ3n) is 8.32. The summed E-state index contributed by atoms with van der Waals surface area (Å²) in [6.07, 6.45) is 4.27. The Bertz CT molecular complexity index is 1330. The molecule has 39 heavy (non-hydrogen) atoms. The summed E-state index contributed by atoms with van der Waals surface area (Å²) in [6.45, 7) is 10.2. The molecule has 1 aromatic carbocycles. The van der Waals surface area contributed by atoms with E-state index in [-0.39, 0.29) is 30.8 Å². The number of carbonyl (C=O) groups excluding carboxylic acids is 2. The molecule has 2 amide bonds. The lowest BCUT2D eigenvalue weighted by Crippen LogP contribution is -2.51. The molecule has 10 heteroatoms. The summed E-state index contributed by atoms with van der Waals surface area (Å²) in [7, 11) is 0. The van der Waals surface area contributed by atoms with Crippen molar-refractivity contribution in [1.82, 2.24) is 30.2 Å². The standard InChI is InChI=1S/C29H38N6O3S/c1-6-29(4,5)26(35-15-23(32-33-35)20-9-10-20)28(38)34-14-22(36)13-24(34)27(37)31-17(2)19-7-11-21(12-8-19)25-18(3)30-16-39-25/h7-8,11-12,15-17,20,22,24,26,36H,6,9-10,13-14H2,1-5H3,(H,31,37)/t17?,22-,24+,26?/m1/s1. The zero-order valence-electron chi connectivity index (χ0n) is 23.3. The third kappa shape index (κ3) is 5.63. The minimum atomic E-state index is -0.759. The van der Waals surface area contributed by atoms with E-state index >= 15 is 0 Å². The van der Waals surface area contributed by atoms with Crippen LogP contribution in [0.25, 0.3) is 10.4 Å². The molecule has 2 aliphatic rings. The Kier molecular flexibility index (Phi) is 7.61. The molecule has 0 radical (unpaired) electrons. The molecule has 1 aliphatic carbocycles. The first-order chi connectivity index (χ1) is 18.6. The number of amides is 2.